The van der Waals surface area contributed by atoms with Crippen molar-refractivity contribution < 1.29 is 9.18 Å². The molecule has 0 spiro atoms. The molecule has 1 aliphatic heterocycles. The molecule has 1 fully saturated rings. The second-order valence-electron chi connectivity index (χ2n) is 8.89. The number of aromatic nitrogens is 2. The van der Waals surface area contributed by atoms with Crippen LogP contribution in [0.3, 0.4) is 0 Å². The first-order chi connectivity index (χ1) is 15.5. The van der Waals surface area contributed by atoms with Gasteiger partial charge in [-0.05, 0) is 86.1 Å². The van der Waals surface area contributed by atoms with Gasteiger partial charge in [0.2, 0.25) is 0 Å². The van der Waals surface area contributed by atoms with Gasteiger partial charge < -0.3 is 9.88 Å². The molecule has 5 nitrogen and oxygen atoms in total. The van der Waals surface area contributed by atoms with Gasteiger partial charge in [-0.25, -0.2) is 4.39 Å². The Bertz CT molecular complexity index is 1230. The molecule has 1 atom stereocenters. The minimum Gasteiger partial charge on any atom is -0.338 e. The zero-order chi connectivity index (χ0) is 22.2. The second-order valence-corrected chi connectivity index (χ2v) is 8.89. The number of rotatable bonds is 3. The van der Waals surface area contributed by atoms with E-state index in [0.717, 1.165) is 65.9 Å². The van der Waals surface area contributed by atoms with E-state index in [-0.39, 0.29) is 28.8 Å². The van der Waals surface area contributed by atoms with Crippen LogP contribution in [0.4, 0.5) is 4.39 Å². The van der Waals surface area contributed by atoms with Crippen molar-refractivity contribution in [2.75, 3.05) is 13.1 Å². The quantitative estimate of drug-likeness (QED) is 0.669. The van der Waals surface area contributed by atoms with Crippen molar-refractivity contribution in [1.82, 2.24) is 14.9 Å². The highest BCUT2D eigenvalue weighted by molar-refractivity contribution is 5.94. The number of nitrogens with zero attached hydrogens (tertiary/aromatic N) is 2. The lowest BCUT2D eigenvalue weighted by Crippen LogP contribution is -2.41. The van der Waals surface area contributed by atoms with Crippen LogP contribution in [-0.2, 0) is 12.8 Å². The van der Waals surface area contributed by atoms with Crippen molar-refractivity contribution in [2.24, 2.45) is 0 Å². The lowest BCUT2D eigenvalue weighted by atomic mass is 9.91. The van der Waals surface area contributed by atoms with E-state index in [1.807, 2.05) is 19.1 Å². The number of halogens is 1. The summed E-state index contributed by atoms with van der Waals surface area (Å²) in [4.78, 5) is 35.2. The third kappa shape index (κ3) is 3.97. The van der Waals surface area contributed by atoms with E-state index in [0.29, 0.717) is 13.1 Å². The summed E-state index contributed by atoms with van der Waals surface area (Å²) in [5, 5.41) is 0. The average Bonchev–Trinajstić information content (AvgIpc) is 3.25. The Morgan fingerprint density at radius 3 is 2.72 bits per heavy atom. The Kier molecular flexibility index (Phi) is 5.37. The van der Waals surface area contributed by atoms with Gasteiger partial charge in [0.25, 0.3) is 11.5 Å². The molecule has 0 bridgehead atoms. The first-order valence-corrected chi connectivity index (χ1v) is 11.3. The Morgan fingerprint density at radius 2 is 1.91 bits per heavy atom. The molecule has 0 saturated carbocycles. The van der Waals surface area contributed by atoms with Crippen molar-refractivity contribution in [3.8, 4) is 11.1 Å². The molecule has 1 amide bonds. The largest absolute Gasteiger partial charge is 0.338 e. The summed E-state index contributed by atoms with van der Waals surface area (Å²) in [6.07, 6.45) is 4.60. The first-order valence-electron chi connectivity index (χ1n) is 11.3. The number of hydrogen-bond donors (Lipinski definition) is 1. The molecular formula is C26H26FN3O2. The molecule has 1 aliphatic carbocycles. The summed E-state index contributed by atoms with van der Waals surface area (Å²) >= 11 is 0. The topological polar surface area (TPSA) is 66.1 Å². The Balaban J connectivity index is 1.40. The summed E-state index contributed by atoms with van der Waals surface area (Å²) in [6, 6.07) is 12.3. The number of likely N-dealkylation sites (tertiary alicyclic amines) is 1. The number of benzene rings is 1. The van der Waals surface area contributed by atoms with Crippen LogP contribution in [0.15, 0.2) is 47.3 Å². The predicted octanol–water partition coefficient (Wildman–Crippen LogP) is 4.39. The molecule has 3 aromatic rings. The van der Waals surface area contributed by atoms with Crippen LogP contribution in [-0.4, -0.2) is 33.9 Å². The van der Waals surface area contributed by atoms with Crippen LogP contribution < -0.4 is 5.56 Å². The number of aryl methyl sites for hydroxylation is 3. The molecule has 1 unspecified atom stereocenters. The highest BCUT2D eigenvalue weighted by Crippen LogP contribution is 2.30. The van der Waals surface area contributed by atoms with Gasteiger partial charge >= 0.3 is 0 Å². The van der Waals surface area contributed by atoms with Crippen LogP contribution >= 0.6 is 0 Å². The number of carbonyl (C=O) groups is 1. The smallest absolute Gasteiger partial charge is 0.261 e. The number of piperidine rings is 1. The van der Waals surface area contributed by atoms with Gasteiger partial charge in [0.1, 0.15) is 11.4 Å². The maximum atomic E-state index is 13.3. The van der Waals surface area contributed by atoms with Crippen molar-refractivity contribution in [1.29, 1.82) is 0 Å². The standard InChI is InChI=1S/C26H26FN3O2/c1-16-12-20(17-7-9-21(27)10-8-17)14-24(28-16)19-5-3-11-30(15-19)26(32)22-13-18-4-2-6-23(18)29-25(22)31/h7-10,12-14,19H,2-6,11,15H2,1H3,(H,29,31). The maximum absolute atomic E-state index is 13.3. The van der Waals surface area contributed by atoms with Crippen LogP contribution in [0.1, 0.15) is 58.2 Å². The van der Waals surface area contributed by atoms with Crippen molar-refractivity contribution in [3.05, 3.63) is 86.8 Å². The summed E-state index contributed by atoms with van der Waals surface area (Å²) in [5.41, 5.74) is 5.77. The maximum Gasteiger partial charge on any atom is 0.261 e. The number of carbonyl (C=O) groups excluding carboxylic acids is 1. The predicted molar refractivity (Wildman–Crippen MR) is 121 cm³/mol. The average molecular weight is 432 g/mol. The molecular weight excluding hydrogens is 405 g/mol. The molecule has 6 heteroatoms. The van der Waals surface area contributed by atoms with E-state index in [2.05, 4.69) is 4.98 Å². The van der Waals surface area contributed by atoms with Gasteiger partial charge in [0, 0.05) is 36.1 Å². The van der Waals surface area contributed by atoms with E-state index < -0.39 is 0 Å². The Labute approximate surface area is 186 Å². The van der Waals surface area contributed by atoms with Crippen LogP contribution in [0.2, 0.25) is 0 Å². The van der Waals surface area contributed by atoms with Crippen LogP contribution in [0.5, 0.6) is 0 Å². The third-order valence-electron chi connectivity index (χ3n) is 6.60. The Morgan fingerprint density at radius 1 is 1.09 bits per heavy atom. The third-order valence-corrected chi connectivity index (χ3v) is 6.60. The second kappa shape index (κ2) is 8.34. The summed E-state index contributed by atoms with van der Waals surface area (Å²) in [5.74, 6) is -0.361. The minimum absolute atomic E-state index is 0.0975. The van der Waals surface area contributed by atoms with Gasteiger partial charge in [0.15, 0.2) is 0 Å². The van der Waals surface area contributed by atoms with Gasteiger partial charge in [-0.1, -0.05) is 12.1 Å². The highest BCUT2D eigenvalue weighted by Gasteiger charge is 2.29. The summed E-state index contributed by atoms with van der Waals surface area (Å²) in [7, 11) is 0. The summed E-state index contributed by atoms with van der Waals surface area (Å²) in [6.45, 7) is 3.13. The number of H-pyrrole nitrogens is 1. The number of hydrogen-bond acceptors (Lipinski definition) is 3. The van der Waals surface area contributed by atoms with E-state index >= 15 is 0 Å². The number of fused-ring (bicyclic) bond motifs is 1. The molecule has 3 heterocycles. The number of amides is 1. The Hall–Kier alpha value is -3.28. The highest BCUT2D eigenvalue weighted by atomic mass is 19.1. The number of aromatic amines is 1. The van der Waals surface area contributed by atoms with Gasteiger partial charge in [-0.15, -0.1) is 0 Å². The molecule has 1 N–H and O–H groups in total. The minimum atomic E-state index is -0.287. The van der Waals surface area contributed by atoms with Crippen molar-refractivity contribution in [2.45, 2.75) is 44.9 Å². The summed E-state index contributed by atoms with van der Waals surface area (Å²) < 4.78 is 13.3. The van der Waals surface area contributed by atoms with Gasteiger partial charge in [-0.3, -0.25) is 14.6 Å². The van der Waals surface area contributed by atoms with E-state index in [4.69, 9.17) is 4.98 Å². The monoisotopic (exact) mass is 431 g/mol. The molecule has 1 aromatic carbocycles. The van der Waals surface area contributed by atoms with Crippen molar-refractivity contribution in [3.63, 3.8) is 0 Å². The first kappa shape index (κ1) is 20.6. The van der Waals surface area contributed by atoms with Crippen LogP contribution in [0, 0.1) is 12.7 Å². The van der Waals surface area contributed by atoms with Gasteiger partial charge in [0.05, 0.1) is 0 Å². The molecule has 2 aliphatic rings. The zero-order valence-electron chi connectivity index (χ0n) is 18.2. The molecule has 0 radical (unpaired) electrons. The fourth-order valence-corrected chi connectivity index (χ4v) is 4.96. The van der Waals surface area contributed by atoms with E-state index in [1.54, 1.807) is 23.1 Å². The lowest BCUT2D eigenvalue weighted by Gasteiger charge is -2.32. The normalized spacial score (nSPS) is 17.9. The fourth-order valence-electron chi connectivity index (χ4n) is 4.96. The number of pyridine rings is 2. The molecule has 1 saturated heterocycles. The molecule has 5 rings (SSSR count). The SMILES string of the molecule is Cc1cc(-c2ccc(F)cc2)cc(C2CCCN(C(=O)c3cc4c([nH]c3=O)CCC4)C2)n1. The molecule has 2 aromatic heterocycles. The van der Waals surface area contributed by atoms with Crippen LogP contribution in [0.25, 0.3) is 11.1 Å². The zero-order valence-corrected chi connectivity index (χ0v) is 18.2. The molecule has 164 valence electrons. The fraction of sp³-hybridized carbons (Fsp3) is 0.346. The van der Waals surface area contributed by atoms with Crippen molar-refractivity contribution >= 4 is 5.91 Å². The number of nitrogens with one attached hydrogen (secondary N) is 1. The van der Waals surface area contributed by atoms with E-state index in [9.17, 15) is 14.0 Å². The van der Waals surface area contributed by atoms with E-state index in [1.165, 1.54) is 12.1 Å². The van der Waals surface area contributed by atoms with Gasteiger partial charge in [-0.2, -0.15) is 0 Å². The molecule has 32 heavy (non-hydrogen) atoms. The lowest BCUT2D eigenvalue weighted by molar-refractivity contribution is 0.0704.